The first-order chi connectivity index (χ1) is 13.1. The number of carbonyl (C=O) groups excluding carboxylic acids is 1. The molecule has 2 aromatic heterocycles. The summed E-state index contributed by atoms with van der Waals surface area (Å²) in [5.74, 6) is 0.395. The molecular weight excluding hydrogens is 412 g/mol. The highest BCUT2D eigenvalue weighted by Crippen LogP contribution is 2.24. The van der Waals surface area contributed by atoms with Crippen LogP contribution in [0.4, 0.5) is 0 Å². The zero-order valence-corrected chi connectivity index (χ0v) is 16.0. The van der Waals surface area contributed by atoms with Gasteiger partial charge in [-0.25, -0.2) is 9.97 Å². The first-order valence-corrected chi connectivity index (χ1v) is 9.40. The van der Waals surface area contributed by atoms with Gasteiger partial charge in [-0.2, -0.15) is 0 Å². The lowest BCUT2D eigenvalue weighted by Crippen LogP contribution is -2.36. The van der Waals surface area contributed by atoms with Gasteiger partial charge in [-0.15, -0.1) is 0 Å². The Bertz CT molecular complexity index is 1050. The van der Waals surface area contributed by atoms with Crippen molar-refractivity contribution in [2.24, 2.45) is 0 Å². The van der Waals surface area contributed by atoms with Crippen molar-refractivity contribution in [2.75, 3.05) is 13.1 Å². The third-order valence-electron chi connectivity index (χ3n) is 4.54. The Labute approximate surface area is 163 Å². The van der Waals surface area contributed by atoms with E-state index in [0.29, 0.717) is 29.9 Å². The van der Waals surface area contributed by atoms with E-state index in [1.807, 2.05) is 18.2 Å². The zero-order chi connectivity index (χ0) is 18.8. The Morgan fingerprint density at radius 1 is 1.22 bits per heavy atom. The molecule has 1 amide bonds. The van der Waals surface area contributed by atoms with Crippen molar-refractivity contribution in [2.45, 2.75) is 19.1 Å². The number of para-hydroxylation sites is 1. The Balaban J connectivity index is 1.43. The predicted molar refractivity (Wildman–Crippen MR) is 104 cm³/mol. The molecule has 1 atom stereocenters. The molecule has 3 aromatic rings. The molecule has 0 aliphatic carbocycles. The number of hydrogen-bond acceptors (Lipinski definition) is 5. The van der Waals surface area contributed by atoms with Crippen LogP contribution < -0.4 is 10.3 Å². The molecule has 0 unspecified atom stereocenters. The fourth-order valence-electron chi connectivity index (χ4n) is 3.13. The zero-order valence-electron chi connectivity index (χ0n) is 14.4. The van der Waals surface area contributed by atoms with E-state index >= 15 is 0 Å². The summed E-state index contributed by atoms with van der Waals surface area (Å²) in [6, 6.07) is 10.8. The van der Waals surface area contributed by atoms with Crippen LogP contribution in [0, 0.1) is 0 Å². The maximum absolute atomic E-state index is 12.6. The van der Waals surface area contributed by atoms with Crippen LogP contribution in [0.3, 0.4) is 0 Å². The van der Waals surface area contributed by atoms with Crippen LogP contribution in [0.25, 0.3) is 10.9 Å². The first kappa shape index (κ1) is 17.7. The van der Waals surface area contributed by atoms with E-state index in [9.17, 15) is 9.59 Å². The van der Waals surface area contributed by atoms with E-state index in [-0.39, 0.29) is 24.1 Å². The molecule has 1 fully saturated rings. The molecule has 138 valence electrons. The van der Waals surface area contributed by atoms with Crippen molar-refractivity contribution < 1.29 is 9.53 Å². The molecule has 8 heteroatoms. The van der Waals surface area contributed by atoms with Gasteiger partial charge in [-0.3, -0.25) is 14.2 Å². The molecule has 0 N–H and O–H groups in total. The second-order valence-electron chi connectivity index (χ2n) is 6.35. The Hall–Kier alpha value is -2.74. The minimum atomic E-state index is -0.210. The van der Waals surface area contributed by atoms with Crippen molar-refractivity contribution in [3.8, 4) is 5.88 Å². The summed E-state index contributed by atoms with van der Waals surface area (Å²) in [7, 11) is 0. The van der Waals surface area contributed by atoms with Gasteiger partial charge in [0.2, 0.25) is 11.8 Å². The number of amides is 1. The Morgan fingerprint density at radius 3 is 2.93 bits per heavy atom. The number of benzene rings is 1. The molecule has 1 aromatic carbocycles. The summed E-state index contributed by atoms with van der Waals surface area (Å²) >= 11 is 3.41. The minimum absolute atomic E-state index is 0.0311. The van der Waals surface area contributed by atoms with Gasteiger partial charge < -0.3 is 9.64 Å². The molecule has 27 heavy (non-hydrogen) atoms. The maximum Gasteiger partial charge on any atom is 0.261 e. The largest absolute Gasteiger partial charge is 0.472 e. The number of hydrogen-bond donors (Lipinski definition) is 0. The van der Waals surface area contributed by atoms with Crippen molar-refractivity contribution in [3.63, 3.8) is 0 Å². The molecule has 1 aliphatic heterocycles. The fraction of sp³-hybridized carbons (Fsp3) is 0.263. The van der Waals surface area contributed by atoms with Gasteiger partial charge in [-0.1, -0.05) is 12.1 Å². The highest BCUT2D eigenvalue weighted by atomic mass is 79.9. The van der Waals surface area contributed by atoms with Crippen molar-refractivity contribution in [3.05, 3.63) is 63.7 Å². The number of nitrogens with zero attached hydrogens (tertiary/aromatic N) is 4. The van der Waals surface area contributed by atoms with Gasteiger partial charge in [0.25, 0.3) is 5.56 Å². The quantitative estimate of drug-likeness (QED) is 0.636. The van der Waals surface area contributed by atoms with E-state index in [1.165, 1.54) is 10.9 Å². The fourth-order valence-corrected chi connectivity index (χ4v) is 3.48. The lowest BCUT2D eigenvalue weighted by Gasteiger charge is -2.18. The molecule has 0 bridgehead atoms. The van der Waals surface area contributed by atoms with E-state index in [4.69, 9.17) is 4.74 Å². The van der Waals surface area contributed by atoms with Crippen molar-refractivity contribution in [1.29, 1.82) is 0 Å². The van der Waals surface area contributed by atoms with Gasteiger partial charge in [0.15, 0.2) is 0 Å². The number of aromatic nitrogens is 3. The standard InChI is InChI=1S/C19H17BrN4O3/c20-15-5-3-8-21-18(15)27-13-7-9-23(10-13)17(25)11-24-12-22-16-6-2-1-4-14(16)19(24)26/h1-6,8,12-13H,7,9-11H2/t13-/m0/s1. The maximum atomic E-state index is 12.6. The van der Waals surface area contributed by atoms with Gasteiger partial charge >= 0.3 is 0 Å². The van der Waals surface area contributed by atoms with Gasteiger partial charge in [0.05, 0.1) is 28.2 Å². The minimum Gasteiger partial charge on any atom is -0.472 e. The van der Waals surface area contributed by atoms with E-state index in [0.717, 1.165) is 10.9 Å². The smallest absolute Gasteiger partial charge is 0.261 e. The van der Waals surface area contributed by atoms with Crippen LogP contribution in [0.15, 0.2) is 58.2 Å². The second-order valence-corrected chi connectivity index (χ2v) is 7.21. The summed E-state index contributed by atoms with van der Waals surface area (Å²) in [5.41, 5.74) is 0.417. The summed E-state index contributed by atoms with van der Waals surface area (Å²) in [4.78, 5) is 35.3. The lowest BCUT2D eigenvalue weighted by atomic mass is 10.2. The van der Waals surface area contributed by atoms with Crippen LogP contribution in [-0.2, 0) is 11.3 Å². The highest BCUT2D eigenvalue weighted by Gasteiger charge is 2.28. The monoisotopic (exact) mass is 428 g/mol. The van der Waals surface area contributed by atoms with Crippen LogP contribution >= 0.6 is 15.9 Å². The second kappa shape index (κ2) is 7.48. The number of carbonyl (C=O) groups is 1. The first-order valence-electron chi connectivity index (χ1n) is 8.61. The van der Waals surface area contributed by atoms with Crippen molar-refractivity contribution in [1.82, 2.24) is 19.4 Å². The summed E-state index contributed by atoms with van der Waals surface area (Å²) in [6.45, 7) is 1.03. The van der Waals surface area contributed by atoms with E-state index in [2.05, 4.69) is 25.9 Å². The van der Waals surface area contributed by atoms with Crippen LogP contribution in [0.1, 0.15) is 6.42 Å². The predicted octanol–water partition coefficient (Wildman–Crippen LogP) is 2.23. The van der Waals surface area contributed by atoms with E-state index in [1.54, 1.807) is 29.3 Å². The average Bonchev–Trinajstić information content (AvgIpc) is 3.15. The number of ether oxygens (including phenoxy) is 1. The summed E-state index contributed by atoms with van der Waals surface area (Å²) < 4.78 is 8.02. The number of halogens is 1. The molecule has 7 nitrogen and oxygen atoms in total. The third-order valence-corrected chi connectivity index (χ3v) is 5.14. The molecule has 3 heterocycles. The molecule has 4 rings (SSSR count). The van der Waals surface area contributed by atoms with Crippen LogP contribution in [0.5, 0.6) is 5.88 Å². The highest BCUT2D eigenvalue weighted by molar-refractivity contribution is 9.10. The van der Waals surface area contributed by atoms with Crippen molar-refractivity contribution >= 4 is 32.7 Å². The number of likely N-dealkylation sites (tertiary alicyclic amines) is 1. The summed E-state index contributed by atoms with van der Waals surface area (Å²) in [6.07, 6.45) is 3.69. The Morgan fingerprint density at radius 2 is 2.07 bits per heavy atom. The SMILES string of the molecule is O=C(Cn1cnc2ccccc2c1=O)N1CC[C@H](Oc2ncccc2Br)C1. The van der Waals surface area contributed by atoms with Gasteiger partial charge in [-0.05, 0) is 40.2 Å². The molecule has 1 aliphatic rings. The molecular formula is C19H17BrN4O3. The molecule has 1 saturated heterocycles. The Kier molecular flexibility index (Phi) is 4.89. The van der Waals surface area contributed by atoms with Gasteiger partial charge in [0, 0.05) is 19.2 Å². The summed E-state index contributed by atoms with van der Waals surface area (Å²) in [5, 5.41) is 0.510. The normalized spacial score (nSPS) is 16.6. The topological polar surface area (TPSA) is 77.3 Å². The number of fused-ring (bicyclic) bond motifs is 1. The van der Waals surface area contributed by atoms with Crippen LogP contribution in [0.2, 0.25) is 0 Å². The number of rotatable bonds is 4. The average molecular weight is 429 g/mol. The van der Waals surface area contributed by atoms with Gasteiger partial charge in [0.1, 0.15) is 12.6 Å². The molecule has 0 radical (unpaired) electrons. The van der Waals surface area contributed by atoms with E-state index < -0.39 is 0 Å². The third kappa shape index (κ3) is 3.71. The van der Waals surface area contributed by atoms with Crippen LogP contribution in [-0.4, -0.2) is 44.5 Å². The number of pyridine rings is 1. The molecule has 0 spiro atoms. The lowest BCUT2D eigenvalue weighted by molar-refractivity contribution is -0.131. The molecule has 0 saturated carbocycles.